The summed E-state index contributed by atoms with van der Waals surface area (Å²) in [6.45, 7) is 2.40. The van der Waals surface area contributed by atoms with Crippen molar-refractivity contribution in [1.82, 2.24) is 14.8 Å². The number of pyridine rings is 1. The average molecular weight is 232 g/mol. The van der Waals surface area contributed by atoms with Crippen molar-refractivity contribution in [3.8, 4) is 5.88 Å². The second-order valence-corrected chi connectivity index (χ2v) is 3.85. The Kier molecular flexibility index (Phi) is 3.27. The maximum atomic E-state index is 5.86. The van der Waals surface area contributed by atoms with Gasteiger partial charge in [-0.15, -0.1) is 0 Å². The molecule has 5 nitrogen and oxygen atoms in total. The van der Waals surface area contributed by atoms with Crippen molar-refractivity contribution in [3.05, 3.63) is 35.8 Å². The third-order valence-electron chi connectivity index (χ3n) is 2.54. The number of rotatable bonds is 4. The first kappa shape index (κ1) is 11.4. The Morgan fingerprint density at radius 2 is 2.24 bits per heavy atom. The van der Waals surface area contributed by atoms with Gasteiger partial charge in [-0.2, -0.15) is 5.10 Å². The smallest absolute Gasteiger partial charge is 0.235 e. The summed E-state index contributed by atoms with van der Waals surface area (Å²) in [7, 11) is 1.82. The Balaban J connectivity index is 1.95. The van der Waals surface area contributed by atoms with Crippen LogP contribution in [0.25, 0.3) is 0 Å². The molecule has 0 fully saturated rings. The highest BCUT2D eigenvalue weighted by Gasteiger charge is 2.10. The van der Waals surface area contributed by atoms with Gasteiger partial charge < -0.3 is 10.5 Å². The molecule has 5 heteroatoms. The monoisotopic (exact) mass is 232 g/mol. The zero-order valence-corrected chi connectivity index (χ0v) is 10.1. The van der Waals surface area contributed by atoms with E-state index in [4.69, 9.17) is 10.5 Å². The summed E-state index contributed by atoms with van der Waals surface area (Å²) in [5.74, 6) is 0.624. The van der Waals surface area contributed by atoms with E-state index in [0.717, 1.165) is 17.8 Å². The Morgan fingerprint density at radius 1 is 1.41 bits per heavy atom. The molecule has 0 saturated carbocycles. The maximum Gasteiger partial charge on any atom is 0.235 e. The van der Waals surface area contributed by atoms with Gasteiger partial charge >= 0.3 is 0 Å². The first-order valence-electron chi connectivity index (χ1n) is 5.50. The lowest BCUT2D eigenvalue weighted by molar-refractivity contribution is 0.294. The molecule has 2 aromatic heterocycles. The fourth-order valence-corrected chi connectivity index (χ4v) is 1.62. The van der Waals surface area contributed by atoms with Gasteiger partial charge in [0.15, 0.2) is 0 Å². The minimum Gasteiger partial charge on any atom is -0.476 e. The van der Waals surface area contributed by atoms with Crippen LogP contribution in [0.5, 0.6) is 5.88 Å². The number of anilines is 1. The quantitative estimate of drug-likeness (QED) is 0.863. The van der Waals surface area contributed by atoms with Crippen LogP contribution >= 0.6 is 0 Å². The molecule has 2 aromatic rings. The normalized spacial score (nSPS) is 10.5. The van der Waals surface area contributed by atoms with E-state index in [1.165, 1.54) is 0 Å². The third-order valence-corrected chi connectivity index (χ3v) is 2.54. The SMILES string of the molecule is Cc1nn(C)c(OCCc2ccccn2)c1N. The van der Waals surface area contributed by atoms with Crippen LogP contribution in [0.2, 0.25) is 0 Å². The molecule has 2 N–H and O–H groups in total. The largest absolute Gasteiger partial charge is 0.476 e. The summed E-state index contributed by atoms with van der Waals surface area (Å²) in [6, 6.07) is 5.83. The molecule has 0 aliphatic rings. The topological polar surface area (TPSA) is 66.0 Å². The second-order valence-electron chi connectivity index (χ2n) is 3.85. The molecule has 0 amide bonds. The number of aromatic nitrogens is 3. The fourth-order valence-electron chi connectivity index (χ4n) is 1.62. The van der Waals surface area contributed by atoms with E-state index in [9.17, 15) is 0 Å². The highest BCUT2D eigenvalue weighted by atomic mass is 16.5. The molecule has 0 spiro atoms. The van der Waals surface area contributed by atoms with E-state index < -0.39 is 0 Å². The van der Waals surface area contributed by atoms with Gasteiger partial charge in [0.2, 0.25) is 5.88 Å². The van der Waals surface area contributed by atoms with E-state index in [0.29, 0.717) is 18.2 Å². The lowest BCUT2D eigenvalue weighted by Gasteiger charge is -2.06. The molecule has 0 radical (unpaired) electrons. The Labute approximate surface area is 100 Å². The molecule has 0 aromatic carbocycles. The summed E-state index contributed by atoms with van der Waals surface area (Å²) in [4.78, 5) is 4.23. The van der Waals surface area contributed by atoms with Gasteiger partial charge in [0.05, 0.1) is 12.3 Å². The van der Waals surface area contributed by atoms with Crippen molar-refractivity contribution < 1.29 is 4.74 Å². The molecule has 90 valence electrons. The number of hydrogen-bond acceptors (Lipinski definition) is 4. The number of hydrogen-bond donors (Lipinski definition) is 1. The zero-order chi connectivity index (χ0) is 12.3. The van der Waals surface area contributed by atoms with Crippen molar-refractivity contribution in [2.75, 3.05) is 12.3 Å². The van der Waals surface area contributed by atoms with Crippen LogP contribution in [0.1, 0.15) is 11.4 Å². The number of ether oxygens (including phenoxy) is 1. The predicted octanol–water partition coefficient (Wildman–Crippen LogP) is 1.33. The van der Waals surface area contributed by atoms with Gasteiger partial charge in [-0.25, -0.2) is 4.68 Å². The van der Waals surface area contributed by atoms with E-state index in [1.54, 1.807) is 10.9 Å². The molecule has 2 heterocycles. The van der Waals surface area contributed by atoms with Gasteiger partial charge in [0.25, 0.3) is 0 Å². The van der Waals surface area contributed by atoms with E-state index in [1.807, 2.05) is 32.2 Å². The van der Waals surface area contributed by atoms with Crippen LogP contribution in [0.3, 0.4) is 0 Å². The van der Waals surface area contributed by atoms with Gasteiger partial charge in [-0.3, -0.25) is 4.98 Å². The van der Waals surface area contributed by atoms with Crippen LogP contribution in [-0.4, -0.2) is 21.4 Å². The van der Waals surface area contributed by atoms with Crippen molar-refractivity contribution in [1.29, 1.82) is 0 Å². The highest BCUT2D eigenvalue weighted by molar-refractivity contribution is 5.52. The number of nitrogen functional groups attached to an aromatic ring is 1. The number of aryl methyl sites for hydroxylation is 2. The minimum atomic E-state index is 0.542. The number of nitrogens with two attached hydrogens (primary N) is 1. The van der Waals surface area contributed by atoms with Gasteiger partial charge in [0, 0.05) is 25.4 Å². The van der Waals surface area contributed by atoms with Gasteiger partial charge in [-0.05, 0) is 19.1 Å². The van der Waals surface area contributed by atoms with E-state index in [2.05, 4.69) is 10.1 Å². The molecule has 0 bridgehead atoms. The molecular formula is C12H16N4O. The lowest BCUT2D eigenvalue weighted by atomic mass is 10.3. The number of nitrogens with zero attached hydrogens (tertiary/aromatic N) is 3. The lowest BCUT2D eigenvalue weighted by Crippen LogP contribution is -2.07. The van der Waals surface area contributed by atoms with Crippen LogP contribution in [0.15, 0.2) is 24.4 Å². The molecule has 2 rings (SSSR count). The van der Waals surface area contributed by atoms with Crippen LogP contribution < -0.4 is 10.5 Å². The Hall–Kier alpha value is -2.04. The van der Waals surface area contributed by atoms with Crippen LogP contribution in [0.4, 0.5) is 5.69 Å². The van der Waals surface area contributed by atoms with Crippen LogP contribution in [-0.2, 0) is 13.5 Å². The Morgan fingerprint density at radius 3 is 2.82 bits per heavy atom. The summed E-state index contributed by atoms with van der Waals surface area (Å²) < 4.78 is 7.28. The third kappa shape index (κ3) is 2.55. The standard InChI is InChI=1S/C12H16N4O/c1-9-11(13)12(16(2)15-9)17-8-6-10-5-3-4-7-14-10/h3-5,7H,6,8,13H2,1-2H3. The van der Waals surface area contributed by atoms with E-state index >= 15 is 0 Å². The summed E-state index contributed by atoms with van der Waals surface area (Å²) in [6.07, 6.45) is 2.53. The van der Waals surface area contributed by atoms with Crippen molar-refractivity contribution in [2.45, 2.75) is 13.3 Å². The van der Waals surface area contributed by atoms with Crippen molar-refractivity contribution in [3.63, 3.8) is 0 Å². The second kappa shape index (κ2) is 4.86. The first-order valence-corrected chi connectivity index (χ1v) is 5.50. The van der Waals surface area contributed by atoms with Crippen molar-refractivity contribution >= 4 is 5.69 Å². The average Bonchev–Trinajstić information content (AvgIpc) is 2.57. The predicted molar refractivity (Wildman–Crippen MR) is 65.8 cm³/mol. The van der Waals surface area contributed by atoms with Crippen LogP contribution in [0, 0.1) is 6.92 Å². The zero-order valence-electron chi connectivity index (χ0n) is 10.1. The summed E-state index contributed by atoms with van der Waals surface area (Å²) in [5.41, 5.74) is 8.26. The fraction of sp³-hybridized carbons (Fsp3) is 0.333. The van der Waals surface area contributed by atoms with E-state index in [-0.39, 0.29) is 0 Å². The van der Waals surface area contributed by atoms with Crippen molar-refractivity contribution in [2.24, 2.45) is 7.05 Å². The molecule has 0 aliphatic carbocycles. The summed E-state index contributed by atoms with van der Waals surface area (Å²) >= 11 is 0. The van der Waals surface area contributed by atoms with Gasteiger partial charge in [-0.1, -0.05) is 6.07 Å². The molecular weight excluding hydrogens is 216 g/mol. The first-order chi connectivity index (χ1) is 8.18. The van der Waals surface area contributed by atoms with Gasteiger partial charge in [0.1, 0.15) is 5.69 Å². The molecule has 0 saturated heterocycles. The minimum absolute atomic E-state index is 0.542. The summed E-state index contributed by atoms with van der Waals surface area (Å²) in [5, 5.41) is 4.19. The highest BCUT2D eigenvalue weighted by Crippen LogP contribution is 2.23. The Bertz CT molecular complexity index is 493. The molecule has 17 heavy (non-hydrogen) atoms. The molecule has 0 unspecified atom stereocenters. The molecule has 0 atom stereocenters. The molecule has 0 aliphatic heterocycles. The maximum absolute atomic E-state index is 5.86.